The van der Waals surface area contributed by atoms with Crippen LogP contribution in [0, 0.1) is 5.92 Å². The number of nitrogens with two attached hydrogens (primary N) is 1. The minimum atomic E-state index is 0.207. The minimum Gasteiger partial charge on any atom is -0.377 e. The van der Waals surface area contributed by atoms with Gasteiger partial charge in [-0.25, -0.2) is 0 Å². The summed E-state index contributed by atoms with van der Waals surface area (Å²) in [6, 6.07) is 0.207. The van der Waals surface area contributed by atoms with Crippen LogP contribution in [-0.4, -0.2) is 41.4 Å². The van der Waals surface area contributed by atoms with Crippen LogP contribution in [0.15, 0.2) is 0 Å². The molecule has 0 aromatic carbocycles. The average Bonchev–Trinajstić information content (AvgIpc) is 2.71. The van der Waals surface area contributed by atoms with Gasteiger partial charge in [-0.3, -0.25) is 5.10 Å². The van der Waals surface area contributed by atoms with Gasteiger partial charge in [-0.05, 0) is 12.3 Å². The van der Waals surface area contributed by atoms with Crippen LogP contribution in [0.1, 0.15) is 19.2 Å². The second-order valence-corrected chi connectivity index (χ2v) is 4.39. The monoisotopic (exact) mass is 225 g/mol. The Bertz CT molecular complexity index is 340. The van der Waals surface area contributed by atoms with Crippen LogP contribution in [0.2, 0.25) is 0 Å². The number of ether oxygens (including phenoxy) is 1. The van der Waals surface area contributed by atoms with Crippen molar-refractivity contribution in [1.82, 2.24) is 15.2 Å². The number of piperidine rings is 1. The summed E-state index contributed by atoms with van der Waals surface area (Å²) in [6.07, 6.45) is 1.09. The van der Waals surface area contributed by atoms with Crippen molar-refractivity contribution in [2.75, 3.05) is 25.1 Å². The summed E-state index contributed by atoms with van der Waals surface area (Å²) in [6.45, 7) is 4.45. The Hall–Kier alpha value is -1.14. The van der Waals surface area contributed by atoms with Gasteiger partial charge in [-0.1, -0.05) is 6.92 Å². The molecule has 6 nitrogen and oxygen atoms in total. The first-order chi connectivity index (χ1) is 7.70. The summed E-state index contributed by atoms with van der Waals surface area (Å²) in [5.74, 6) is 2.06. The zero-order valence-corrected chi connectivity index (χ0v) is 9.81. The fourth-order valence-electron chi connectivity index (χ4n) is 1.91. The van der Waals surface area contributed by atoms with Gasteiger partial charge in [0.25, 0.3) is 0 Å². The molecule has 90 valence electrons. The standard InChI is InChI=1S/C10H19N5O/c1-7-3-4-15(5-8(7)11)10-12-9(6-16-2)13-14-10/h7-8H,3-6,11H2,1-2H3,(H,12,13,14). The molecule has 1 aliphatic rings. The second-order valence-electron chi connectivity index (χ2n) is 4.39. The number of methoxy groups -OCH3 is 1. The number of H-pyrrole nitrogens is 1. The highest BCUT2D eigenvalue weighted by Gasteiger charge is 2.25. The van der Waals surface area contributed by atoms with Crippen LogP contribution in [0.3, 0.4) is 0 Å². The zero-order valence-electron chi connectivity index (χ0n) is 9.81. The number of anilines is 1. The summed E-state index contributed by atoms with van der Waals surface area (Å²) in [4.78, 5) is 6.49. The van der Waals surface area contributed by atoms with E-state index >= 15 is 0 Å². The highest BCUT2D eigenvalue weighted by molar-refractivity contribution is 5.30. The second kappa shape index (κ2) is 4.80. The van der Waals surface area contributed by atoms with Crippen molar-refractivity contribution in [2.24, 2.45) is 11.7 Å². The maximum absolute atomic E-state index is 6.04. The lowest BCUT2D eigenvalue weighted by molar-refractivity contribution is 0.178. The van der Waals surface area contributed by atoms with Crippen LogP contribution >= 0.6 is 0 Å². The third-order valence-corrected chi connectivity index (χ3v) is 3.10. The molecule has 1 aliphatic heterocycles. The first-order valence-corrected chi connectivity index (χ1v) is 5.61. The van der Waals surface area contributed by atoms with Crippen molar-refractivity contribution in [1.29, 1.82) is 0 Å². The van der Waals surface area contributed by atoms with Gasteiger partial charge in [0.05, 0.1) is 0 Å². The average molecular weight is 225 g/mol. The number of rotatable bonds is 3. The molecule has 16 heavy (non-hydrogen) atoms. The maximum Gasteiger partial charge on any atom is 0.244 e. The van der Waals surface area contributed by atoms with E-state index in [1.165, 1.54) is 0 Å². The van der Waals surface area contributed by atoms with Gasteiger partial charge in [-0.15, -0.1) is 5.10 Å². The molecule has 0 spiro atoms. The summed E-state index contributed by atoms with van der Waals surface area (Å²) < 4.78 is 4.99. The minimum absolute atomic E-state index is 0.207. The predicted octanol–water partition coefficient (Wildman–Crippen LogP) is 0.125. The SMILES string of the molecule is COCc1nc(N2CCC(C)C(N)C2)n[nH]1. The van der Waals surface area contributed by atoms with E-state index in [1.54, 1.807) is 7.11 Å². The van der Waals surface area contributed by atoms with E-state index in [1.807, 2.05) is 0 Å². The number of aromatic amines is 1. The van der Waals surface area contributed by atoms with Crippen LogP contribution in [0.4, 0.5) is 5.95 Å². The summed E-state index contributed by atoms with van der Waals surface area (Å²) in [7, 11) is 1.64. The van der Waals surface area contributed by atoms with Crippen molar-refractivity contribution in [3.05, 3.63) is 5.82 Å². The Balaban J connectivity index is 2.01. The molecule has 2 unspecified atom stereocenters. The van der Waals surface area contributed by atoms with Gasteiger partial charge in [0, 0.05) is 26.2 Å². The first kappa shape index (κ1) is 11.3. The quantitative estimate of drug-likeness (QED) is 0.764. The molecule has 6 heteroatoms. The van der Waals surface area contributed by atoms with Gasteiger partial charge >= 0.3 is 0 Å². The fraction of sp³-hybridized carbons (Fsp3) is 0.800. The molecular weight excluding hydrogens is 206 g/mol. The molecule has 1 fully saturated rings. The van der Waals surface area contributed by atoms with Gasteiger partial charge in [0.15, 0.2) is 5.82 Å². The molecule has 1 saturated heterocycles. The Morgan fingerprint density at radius 3 is 3.12 bits per heavy atom. The number of nitrogens with zero attached hydrogens (tertiary/aromatic N) is 3. The van der Waals surface area contributed by atoms with E-state index in [9.17, 15) is 0 Å². The molecule has 0 aliphatic carbocycles. The molecule has 0 radical (unpaired) electrons. The van der Waals surface area contributed by atoms with Crippen LogP contribution in [0.25, 0.3) is 0 Å². The van der Waals surface area contributed by atoms with E-state index in [2.05, 4.69) is 27.0 Å². The molecule has 0 amide bonds. The number of nitrogens with one attached hydrogen (secondary N) is 1. The Labute approximate surface area is 95.2 Å². The molecule has 2 rings (SSSR count). The molecule has 1 aromatic heterocycles. The third-order valence-electron chi connectivity index (χ3n) is 3.10. The van der Waals surface area contributed by atoms with Crippen molar-refractivity contribution in [3.63, 3.8) is 0 Å². The van der Waals surface area contributed by atoms with Crippen molar-refractivity contribution in [3.8, 4) is 0 Å². The Morgan fingerprint density at radius 1 is 1.62 bits per heavy atom. The zero-order chi connectivity index (χ0) is 11.5. The lowest BCUT2D eigenvalue weighted by Gasteiger charge is -2.34. The van der Waals surface area contributed by atoms with Gasteiger partial charge < -0.3 is 15.4 Å². The molecule has 1 aromatic rings. The van der Waals surface area contributed by atoms with E-state index in [0.29, 0.717) is 12.5 Å². The third kappa shape index (κ3) is 2.33. The van der Waals surface area contributed by atoms with Crippen LogP contribution in [0.5, 0.6) is 0 Å². The number of hydrogen-bond donors (Lipinski definition) is 2. The molecule has 0 saturated carbocycles. The fourth-order valence-corrected chi connectivity index (χ4v) is 1.91. The summed E-state index contributed by atoms with van der Waals surface area (Å²) in [5, 5.41) is 7.03. The normalized spacial score (nSPS) is 26.1. The highest BCUT2D eigenvalue weighted by Crippen LogP contribution is 2.19. The molecule has 3 N–H and O–H groups in total. The van der Waals surface area contributed by atoms with Gasteiger partial charge in [-0.2, -0.15) is 4.98 Å². The number of aromatic nitrogens is 3. The molecular formula is C10H19N5O. The van der Waals surface area contributed by atoms with Gasteiger partial charge in [0.2, 0.25) is 5.95 Å². The van der Waals surface area contributed by atoms with Crippen molar-refractivity contribution in [2.45, 2.75) is 26.0 Å². The Morgan fingerprint density at radius 2 is 2.44 bits per heavy atom. The first-order valence-electron chi connectivity index (χ1n) is 5.61. The van der Waals surface area contributed by atoms with E-state index in [-0.39, 0.29) is 6.04 Å². The van der Waals surface area contributed by atoms with Crippen molar-refractivity contribution < 1.29 is 4.74 Å². The lowest BCUT2D eigenvalue weighted by atomic mass is 9.95. The van der Waals surface area contributed by atoms with Crippen LogP contribution in [-0.2, 0) is 11.3 Å². The summed E-state index contributed by atoms with van der Waals surface area (Å²) >= 11 is 0. The maximum atomic E-state index is 6.04. The topological polar surface area (TPSA) is 80.1 Å². The van der Waals surface area contributed by atoms with Crippen LogP contribution < -0.4 is 10.6 Å². The van der Waals surface area contributed by atoms with Gasteiger partial charge in [0.1, 0.15) is 6.61 Å². The molecule has 2 atom stereocenters. The molecule has 0 bridgehead atoms. The van der Waals surface area contributed by atoms with Crippen molar-refractivity contribution >= 4 is 5.95 Å². The largest absolute Gasteiger partial charge is 0.377 e. The molecule has 2 heterocycles. The van der Waals surface area contributed by atoms with E-state index in [4.69, 9.17) is 10.5 Å². The summed E-state index contributed by atoms with van der Waals surface area (Å²) in [5.41, 5.74) is 6.04. The lowest BCUT2D eigenvalue weighted by Crippen LogP contribution is -2.48. The smallest absolute Gasteiger partial charge is 0.244 e. The number of hydrogen-bond acceptors (Lipinski definition) is 5. The van der Waals surface area contributed by atoms with E-state index < -0.39 is 0 Å². The highest BCUT2D eigenvalue weighted by atomic mass is 16.5. The van der Waals surface area contributed by atoms with E-state index in [0.717, 1.165) is 31.3 Å². The Kier molecular flexibility index (Phi) is 3.40. The predicted molar refractivity (Wildman–Crippen MR) is 61.1 cm³/mol.